The number of piperidine rings is 1. The molecule has 6 nitrogen and oxygen atoms in total. The molecule has 1 fully saturated rings. The van der Waals surface area contributed by atoms with E-state index in [4.69, 9.17) is 10.8 Å². The minimum atomic E-state index is -3.79. The van der Waals surface area contributed by atoms with Gasteiger partial charge in [0.05, 0.1) is 0 Å². The first-order valence-corrected chi connectivity index (χ1v) is 7.24. The Bertz CT molecular complexity index is 382. The van der Waals surface area contributed by atoms with Crippen molar-refractivity contribution in [2.75, 3.05) is 13.1 Å². The van der Waals surface area contributed by atoms with Crippen LogP contribution in [-0.2, 0) is 14.8 Å². The van der Waals surface area contributed by atoms with E-state index in [0.29, 0.717) is 18.9 Å². The van der Waals surface area contributed by atoms with Crippen LogP contribution in [0, 0.1) is 5.92 Å². The lowest BCUT2D eigenvalue weighted by Crippen LogP contribution is -2.52. The Hall–Kier alpha value is -0.660. The van der Waals surface area contributed by atoms with E-state index in [1.807, 2.05) is 6.92 Å². The van der Waals surface area contributed by atoms with Crippen LogP contribution in [0.2, 0.25) is 0 Å². The van der Waals surface area contributed by atoms with E-state index in [2.05, 4.69) is 0 Å². The lowest BCUT2D eigenvalue weighted by atomic mass is 9.94. The Balaban J connectivity index is 2.94. The second-order valence-electron chi connectivity index (χ2n) is 4.66. The van der Waals surface area contributed by atoms with Crippen molar-refractivity contribution in [3.8, 4) is 0 Å². The van der Waals surface area contributed by atoms with E-state index in [0.717, 1.165) is 6.42 Å². The molecule has 1 saturated heterocycles. The quantitative estimate of drug-likeness (QED) is 0.735. The van der Waals surface area contributed by atoms with Gasteiger partial charge in [0.2, 0.25) is 10.0 Å². The average molecular weight is 264 g/mol. The van der Waals surface area contributed by atoms with Crippen LogP contribution in [0.3, 0.4) is 0 Å². The van der Waals surface area contributed by atoms with Gasteiger partial charge in [-0.1, -0.05) is 6.92 Å². The van der Waals surface area contributed by atoms with Gasteiger partial charge in [-0.05, 0) is 25.7 Å². The zero-order valence-corrected chi connectivity index (χ0v) is 11.0. The van der Waals surface area contributed by atoms with Gasteiger partial charge in [-0.15, -0.1) is 0 Å². The third-order valence-corrected chi connectivity index (χ3v) is 5.55. The molecule has 7 heteroatoms. The predicted molar refractivity (Wildman–Crippen MR) is 64.0 cm³/mol. The summed E-state index contributed by atoms with van der Waals surface area (Å²) in [7, 11) is -3.79. The van der Waals surface area contributed by atoms with E-state index >= 15 is 0 Å². The maximum absolute atomic E-state index is 12.1. The molecule has 0 aromatic heterocycles. The molecule has 3 N–H and O–H groups in total. The molecule has 0 aromatic rings. The van der Waals surface area contributed by atoms with Crippen LogP contribution in [0.15, 0.2) is 0 Å². The van der Waals surface area contributed by atoms with Crippen LogP contribution in [-0.4, -0.2) is 48.2 Å². The first kappa shape index (κ1) is 14.4. The van der Waals surface area contributed by atoms with Crippen LogP contribution in [0.1, 0.15) is 26.7 Å². The molecule has 0 aromatic carbocycles. The number of hydrogen-bond donors (Lipinski definition) is 2. The first-order chi connectivity index (χ1) is 7.80. The van der Waals surface area contributed by atoms with Crippen LogP contribution < -0.4 is 5.73 Å². The normalized spacial score (nSPS) is 28.9. The summed E-state index contributed by atoms with van der Waals surface area (Å²) in [6.45, 7) is 3.84. The summed E-state index contributed by atoms with van der Waals surface area (Å²) >= 11 is 0. The number of carboxylic acids is 1. The van der Waals surface area contributed by atoms with Crippen molar-refractivity contribution in [1.82, 2.24) is 4.31 Å². The highest BCUT2D eigenvalue weighted by Gasteiger charge is 2.39. The summed E-state index contributed by atoms with van der Waals surface area (Å²) in [6, 6.07) is -0.273. The Morgan fingerprint density at radius 3 is 2.65 bits per heavy atom. The van der Waals surface area contributed by atoms with Gasteiger partial charge in [0.1, 0.15) is 0 Å². The van der Waals surface area contributed by atoms with Gasteiger partial charge in [0, 0.05) is 19.1 Å². The summed E-state index contributed by atoms with van der Waals surface area (Å²) in [5, 5.41) is 7.41. The first-order valence-electron chi connectivity index (χ1n) is 5.74. The summed E-state index contributed by atoms with van der Waals surface area (Å²) in [5.41, 5.74) is 5.58. The summed E-state index contributed by atoms with van der Waals surface area (Å²) in [6.07, 6.45) is 1.45. The number of carbonyl (C=O) groups is 1. The highest BCUT2D eigenvalue weighted by Crippen LogP contribution is 2.26. The number of carboxylic acid groups (broad SMARTS) is 1. The molecule has 0 bridgehead atoms. The lowest BCUT2D eigenvalue weighted by Gasteiger charge is -2.37. The molecule has 0 spiro atoms. The highest BCUT2D eigenvalue weighted by atomic mass is 32.2. The van der Waals surface area contributed by atoms with E-state index < -0.39 is 21.2 Å². The average Bonchev–Trinajstić information content (AvgIpc) is 2.27. The van der Waals surface area contributed by atoms with Gasteiger partial charge in [-0.3, -0.25) is 4.79 Å². The van der Waals surface area contributed by atoms with E-state index in [9.17, 15) is 13.2 Å². The number of hydrogen-bond acceptors (Lipinski definition) is 4. The van der Waals surface area contributed by atoms with Gasteiger partial charge >= 0.3 is 5.97 Å². The largest absolute Gasteiger partial charge is 0.480 e. The molecular formula is C10H20N2O4S. The molecule has 0 amide bonds. The van der Waals surface area contributed by atoms with Crippen molar-refractivity contribution in [3.63, 3.8) is 0 Å². The Morgan fingerprint density at radius 1 is 1.59 bits per heavy atom. The fourth-order valence-corrected chi connectivity index (χ4v) is 3.72. The van der Waals surface area contributed by atoms with Crippen LogP contribution in [0.5, 0.6) is 0 Å². The maximum atomic E-state index is 12.1. The molecule has 3 atom stereocenters. The molecule has 0 radical (unpaired) electrons. The fourth-order valence-electron chi connectivity index (χ4n) is 2.11. The van der Waals surface area contributed by atoms with Crippen molar-refractivity contribution in [1.29, 1.82) is 0 Å². The SMILES string of the molecule is CC1CCN(S(=O)(=O)C(C)C(=O)O)C(CN)C1. The monoisotopic (exact) mass is 264 g/mol. The minimum Gasteiger partial charge on any atom is -0.480 e. The topological polar surface area (TPSA) is 101 Å². The van der Waals surface area contributed by atoms with Crippen molar-refractivity contribution in [2.24, 2.45) is 11.7 Å². The molecule has 1 aliphatic rings. The summed E-state index contributed by atoms with van der Waals surface area (Å²) in [4.78, 5) is 10.8. The second-order valence-corrected chi connectivity index (χ2v) is 6.86. The van der Waals surface area contributed by atoms with Crippen LogP contribution >= 0.6 is 0 Å². The number of aliphatic carboxylic acids is 1. The minimum absolute atomic E-state index is 0.232. The third-order valence-electron chi connectivity index (χ3n) is 3.32. The van der Waals surface area contributed by atoms with Crippen LogP contribution in [0.4, 0.5) is 0 Å². The highest BCUT2D eigenvalue weighted by molar-refractivity contribution is 7.90. The molecule has 100 valence electrons. The fraction of sp³-hybridized carbons (Fsp3) is 0.900. The molecule has 1 aliphatic heterocycles. The lowest BCUT2D eigenvalue weighted by molar-refractivity contribution is -0.136. The maximum Gasteiger partial charge on any atom is 0.323 e. The Morgan fingerprint density at radius 2 is 2.18 bits per heavy atom. The standard InChI is InChI=1S/C10H20N2O4S/c1-7-3-4-12(9(5-7)6-11)17(15,16)8(2)10(13)14/h7-9H,3-6,11H2,1-2H3,(H,13,14). The third kappa shape index (κ3) is 2.97. The van der Waals surface area contributed by atoms with Gasteiger partial charge in [0.15, 0.2) is 5.25 Å². The van der Waals surface area contributed by atoms with Crippen molar-refractivity contribution >= 4 is 16.0 Å². The number of nitrogens with zero attached hydrogens (tertiary/aromatic N) is 1. The summed E-state index contributed by atoms with van der Waals surface area (Å²) in [5.74, 6) is -0.894. The molecule has 3 unspecified atom stereocenters. The number of nitrogens with two attached hydrogens (primary N) is 1. The smallest absolute Gasteiger partial charge is 0.323 e. The summed E-state index contributed by atoms with van der Waals surface area (Å²) < 4.78 is 25.5. The van der Waals surface area contributed by atoms with E-state index in [-0.39, 0.29) is 12.6 Å². The zero-order chi connectivity index (χ0) is 13.2. The van der Waals surface area contributed by atoms with Crippen molar-refractivity contribution < 1.29 is 18.3 Å². The Kier molecular flexibility index (Phi) is 4.51. The Labute approximate surface area is 102 Å². The molecule has 17 heavy (non-hydrogen) atoms. The predicted octanol–water partition coefficient (Wildman–Crippen LogP) is -0.151. The van der Waals surface area contributed by atoms with Gasteiger partial charge < -0.3 is 10.8 Å². The molecular weight excluding hydrogens is 244 g/mol. The van der Waals surface area contributed by atoms with Gasteiger partial charge in [0.25, 0.3) is 0 Å². The molecule has 1 rings (SSSR count). The zero-order valence-electron chi connectivity index (χ0n) is 10.2. The number of sulfonamides is 1. The van der Waals surface area contributed by atoms with E-state index in [1.165, 1.54) is 11.2 Å². The second kappa shape index (κ2) is 5.32. The molecule has 1 heterocycles. The van der Waals surface area contributed by atoms with Crippen LogP contribution in [0.25, 0.3) is 0 Å². The van der Waals surface area contributed by atoms with Gasteiger partial charge in [-0.2, -0.15) is 4.31 Å². The number of rotatable bonds is 4. The van der Waals surface area contributed by atoms with Crippen molar-refractivity contribution in [2.45, 2.75) is 38.0 Å². The molecule has 0 aliphatic carbocycles. The van der Waals surface area contributed by atoms with Gasteiger partial charge in [-0.25, -0.2) is 8.42 Å². The molecule has 0 saturated carbocycles. The van der Waals surface area contributed by atoms with Crippen molar-refractivity contribution in [3.05, 3.63) is 0 Å². The van der Waals surface area contributed by atoms with E-state index in [1.54, 1.807) is 0 Å².